The Bertz CT molecular complexity index is 548. The maximum Gasteiger partial charge on any atom is 0.346 e. The number of thiophene rings is 1. The number of aromatic carboxylic acids is 1. The zero-order valence-corrected chi connectivity index (χ0v) is 10.8. The number of hydrogen-bond acceptors (Lipinski definition) is 2. The molecule has 2 nitrogen and oxygen atoms in total. The molecule has 0 aliphatic heterocycles. The molecule has 2 rings (SSSR count). The highest BCUT2D eigenvalue weighted by atomic mass is 35.5. The molecule has 0 aliphatic carbocycles. The van der Waals surface area contributed by atoms with Crippen LogP contribution in [0, 0.1) is 0 Å². The average Bonchev–Trinajstić information content (AvgIpc) is 2.77. The smallest absolute Gasteiger partial charge is 0.346 e. The maximum absolute atomic E-state index is 11.1. The lowest BCUT2D eigenvalue weighted by Gasteiger charge is -2.12. The van der Waals surface area contributed by atoms with Crippen LogP contribution in [0.1, 0.15) is 33.6 Å². The second kappa shape index (κ2) is 4.90. The van der Waals surface area contributed by atoms with Gasteiger partial charge in [-0.25, -0.2) is 4.79 Å². The Labute approximate surface area is 108 Å². The van der Waals surface area contributed by atoms with E-state index in [-0.39, 0.29) is 5.92 Å². The van der Waals surface area contributed by atoms with Crippen molar-refractivity contribution >= 4 is 28.9 Å². The van der Waals surface area contributed by atoms with Crippen molar-refractivity contribution in [3.8, 4) is 0 Å². The molecule has 0 aliphatic rings. The van der Waals surface area contributed by atoms with Gasteiger partial charge in [-0.1, -0.05) is 30.7 Å². The van der Waals surface area contributed by atoms with Crippen molar-refractivity contribution in [2.24, 2.45) is 0 Å². The zero-order chi connectivity index (χ0) is 12.4. The Balaban J connectivity index is 2.40. The van der Waals surface area contributed by atoms with Gasteiger partial charge < -0.3 is 5.11 Å². The quantitative estimate of drug-likeness (QED) is 0.902. The second-order valence-corrected chi connectivity index (χ2v) is 5.14. The van der Waals surface area contributed by atoms with Gasteiger partial charge in [0.05, 0.1) is 0 Å². The fourth-order valence-electron chi connectivity index (χ4n) is 1.79. The summed E-state index contributed by atoms with van der Waals surface area (Å²) >= 11 is 7.19. The molecule has 4 heteroatoms. The van der Waals surface area contributed by atoms with E-state index >= 15 is 0 Å². The Morgan fingerprint density at radius 2 is 2.18 bits per heavy atom. The van der Waals surface area contributed by atoms with Gasteiger partial charge in [0, 0.05) is 10.9 Å². The summed E-state index contributed by atoms with van der Waals surface area (Å²) in [6.45, 7) is 1.99. The molecule has 1 heterocycles. The second-order valence-electron chi connectivity index (χ2n) is 3.79. The number of carboxylic acid groups (broad SMARTS) is 1. The third-order valence-electron chi connectivity index (χ3n) is 2.71. The maximum atomic E-state index is 11.1. The third kappa shape index (κ3) is 2.51. The number of halogens is 1. The summed E-state index contributed by atoms with van der Waals surface area (Å²) in [6.07, 6.45) is 0. The molecule has 0 bridgehead atoms. The molecule has 0 unspecified atom stereocenters. The molecule has 1 N–H and O–H groups in total. The Morgan fingerprint density at radius 1 is 1.41 bits per heavy atom. The summed E-state index contributed by atoms with van der Waals surface area (Å²) in [4.78, 5) is 11.5. The van der Waals surface area contributed by atoms with Gasteiger partial charge in [0.15, 0.2) is 0 Å². The lowest BCUT2D eigenvalue weighted by molar-refractivity contribution is 0.0701. The van der Waals surface area contributed by atoms with E-state index in [1.165, 1.54) is 11.3 Å². The molecule has 0 spiro atoms. The normalized spacial score (nSPS) is 12.4. The van der Waals surface area contributed by atoms with Gasteiger partial charge >= 0.3 is 5.97 Å². The molecule has 0 amide bonds. The molecule has 17 heavy (non-hydrogen) atoms. The van der Waals surface area contributed by atoms with Crippen LogP contribution in [0.15, 0.2) is 35.7 Å². The molecule has 0 saturated carbocycles. The number of carboxylic acids is 1. The molecule has 0 radical (unpaired) electrons. The fraction of sp³-hybridized carbons (Fsp3) is 0.154. The first-order valence-electron chi connectivity index (χ1n) is 5.15. The van der Waals surface area contributed by atoms with Gasteiger partial charge in [0.25, 0.3) is 0 Å². The summed E-state index contributed by atoms with van der Waals surface area (Å²) in [5.41, 5.74) is 1.86. The SMILES string of the molecule is C[C@H](c1cccc(Cl)c1)c1ccsc1C(=O)O. The van der Waals surface area contributed by atoms with Crippen LogP contribution in [0.5, 0.6) is 0 Å². The Morgan fingerprint density at radius 3 is 2.82 bits per heavy atom. The molecule has 88 valence electrons. The number of rotatable bonds is 3. The lowest BCUT2D eigenvalue weighted by atomic mass is 9.93. The van der Waals surface area contributed by atoms with Crippen LogP contribution in [0.4, 0.5) is 0 Å². The van der Waals surface area contributed by atoms with Gasteiger partial charge in [-0.3, -0.25) is 0 Å². The summed E-state index contributed by atoms with van der Waals surface area (Å²) in [5.74, 6) is -0.838. The van der Waals surface area contributed by atoms with Crippen LogP contribution in [0.3, 0.4) is 0 Å². The van der Waals surface area contributed by atoms with Crippen LogP contribution < -0.4 is 0 Å². The standard InChI is InChI=1S/C13H11ClO2S/c1-8(9-3-2-4-10(14)7-9)11-5-6-17-12(11)13(15)16/h2-8H,1H3,(H,15,16)/t8-/m1/s1. The van der Waals surface area contributed by atoms with Crippen molar-refractivity contribution in [2.75, 3.05) is 0 Å². The van der Waals surface area contributed by atoms with Gasteiger partial charge in [-0.05, 0) is 34.7 Å². The molecule has 0 saturated heterocycles. The highest BCUT2D eigenvalue weighted by Crippen LogP contribution is 2.31. The highest BCUT2D eigenvalue weighted by molar-refractivity contribution is 7.12. The first-order chi connectivity index (χ1) is 8.09. The van der Waals surface area contributed by atoms with Crippen molar-refractivity contribution in [3.63, 3.8) is 0 Å². The molecule has 1 aromatic carbocycles. The summed E-state index contributed by atoms with van der Waals surface area (Å²) < 4.78 is 0. The zero-order valence-electron chi connectivity index (χ0n) is 9.18. The number of hydrogen-bond donors (Lipinski definition) is 1. The number of benzene rings is 1. The van der Waals surface area contributed by atoms with E-state index in [1.54, 1.807) is 5.38 Å². The van der Waals surface area contributed by atoms with Crippen molar-refractivity contribution in [3.05, 3.63) is 56.7 Å². The van der Waals surface area contributed by atoms with E-state index in [1.807, 2.05) is 37.3 Å². The van der Waals surface area contributed by atoms with Crippen LogP contribution in [0.2, 0.25) is 5.02 Å². The first kappa shape index (κ1) is 12.1. The van der Waals surface area contributed by atoms with E-state index in [4.69, 9.17) is 16.7 Å². The van der Waals surface area contributed by atoms with Crippen LogP contribution in [-0.4, -0.2) is 11.1 Å². The van der Waals surface area contributed by atoms with Crippen LogP contribution >= 0.6 is 22.9 Å². The van der Waals surface area contributed by atoms with Crippen molar-refractivity contribution in [1.82, 2.24) is 0 Å². The topological polar surface area (TPSA) is 37.3 Å². The first-order valence-corrected chi connectivity index (χ1v) is 6.41. The molecule has 0 fully saturated rings. The summed E-state index contributed by atoms with van der Waals surface area (Å²) in [7, 11) is 0. The predicted octanol–water partition coefficient (Wildman–Crippen LogP) is 4.25. The Hall–Kier alpha value is -1.32. The average molecular weight is 267 g/mol. The molecule has 2 aromatic rings. The van der Waals surface area contributed by atoms with Gasteiger partial charge in [-0.2, -0.15) is 0 Å². The minimum Gasteiger partial charge on any atom is -0.477 e. The minimum absolute atomic E-state index is 0.0334. The largest absolute Gasteiger partial charge is 0.477 e. The Kier molecular flexibility index (Phi) is 3.50. The van der Waals surface area contributed by atoms with E-state index in [0.717, 1.165) is 11.1 Å². The fourth-order valence-corrected chi connectivity index (χ4v) is 2.82. The molecule has 1 atom stereocenters. The van der Waals surface area contributed by atoms with Crippen molar-refractivity contribution in [2.45, 2.75) is 12.8 Å². The van der Waals surface area contributed by atoms with Crippen LogP contribution in [0.25, 0.3) is 0 Å². The predicted molar refractivity (Wildman–Crippen MR) is 70.2 cm³/mol. The highest BCUT2D eigenvalue weighted by Gasteiger charge is 2.18. The van der Waals surface area contributed by atoms with Gasteiger partial charge in [0.1, 0.15) is 4.88 Å². The lowest BCUT2D eigenvalue weighted by Crippen LogP contribution is -2.02. The van der Waals surface area contributed by atoms with E-state index in [9.17, 15) is 4.79 Å². The van der Waals surface area contributed by atoms with Crippen molar-refractivity contribution < 1.29 is 9.90 Å². The minimum atomic E-state index is -0.871. The van der Waals surface area contributed by atoms with Crippen LogP contribution in [-0.2, 0) is 0 Å². The number of carbonyl (C=O) groups is 1. The molecular formula is C13H11ClO2S. The van der Waals surface area contributed by atoms with E-state index in [2.05, 4.69) is 0 Å². The molecular weight excluding hydrogens is 256 g/mol. The molecule has 1 aromatic heterocycles. The summed E-state index contributed by atoms with van der Waals surface area (Å²) in [6, 6.07) is 9.37. The third-order valence-corrected chi connectivity index (χ3v) is 3.86. The monoisotopic (exact) mass is 266 g/mol. The van der Waals surface area contributed by atoms with E-state index in [0.29, 0.717) is 9.90 Å². The van der Waals surface area contributed by atoms with Crippen molar-refractivity contribution in [1.29, 1.82) is 0 Å². The summed E-state index contributed by atoms with van der Waals surface area (Å²) in [5, 5.41) is 11.6. The van der Waals surface area contributed by atoms with Gasteiger partial charge in [-0.15, -0.1) is 11.3 Å². The van der Waals surface area contributed by atoms with E-state index < -0.39 is 5.97 Å². The van der Waals surface area contributed by atoms with Gasteiger partial charge in [0.2, 0.25) is 0 Å².